The molecule has 1 fully saturated rings. The molecule has 1 unspecified atom stereocenters. The van der Waals surface area contributed by atoms with Crippen molar-refractivity contribution in [2.75, 3.05) is 32.8 Å². The lowest BCUT2D eigenvalue weighted by atomic mass is 9.93. The van der Waals surface area contributed by atoms with Crippen molar-refractivity contribution < 1.29 is 14.3 Å². The van der Waals surface area contributed by atoms with E-state index in [9.17, 15) is 9.59 Å². The Kier molecular flexibility index (Phi) is 6.69. The molecule has 0 aromatic heterocycles. The first-order chi connectivity index (χ1) is 12.7. The number of amides is 2. The van der Waals surface area contributed by atoms with Crippen molar-refractivity contribution in [3.63, 3.8) is 0 Å². The van der Waals surface area contributed by atoms with Crippen LogP contribution in [-0.2, 0) is 9.59 Å². The molecule has 0 saturated carbocycles. The third-order valence-electron chi connectivity index (χ3n) is 5.11. The molecular weight excluding hydrogens is 328 g/mol. The Morgan fingerprint density at radius 3 is 2.54 bits per heavy atom. The maximum absolute atomic E-state index is 12.7. The molecule has 1 aromatic carbocycles. The van der Waals surface area contributed by atoms with E-state index < -0.39 is 0 Å². The highest BCUT2D eigenvalue weighted by Gasteiger charge is 2.27. The average molecular weight is 356 g/mol. The molecule has 0 bridgehead atoms. The molecule has 1 aromatic rings. The molecule has 2 aliphatic rings. The first-order valence-electron chi connectivity index (χ1n) is 9.63. The Hall–Kier alpha value is -2.30. The molecule has 5 heteroatoms. The third-order valence-corrected chi connectivity index (χ3v) is 5.11. The van der Waals surface area contributed by atoms with Gasteiger partial charge in [-0.25, -0.2) is 0 Å². The molecule has 1 saturated heterocycles. The van der Waals surface area contributed by atoms with Gasteiger partial charge in [0.25, 0.3) is 0 Å². The molecular formula is C21H28N2O3. The molecule has 1 aliphatic heterocycles. The zero-order chi connectivity index (χ0) is 18.2. The van der Waals surface area contributed by atoms with Crippen LogP contribution in [0.3, 0.4) is 0 Å². The molecule has 26 heavy (non-hydrogen) atoms. The molecule has 0 radical (unpaired) electrons. The summed E-state index contributed by atoms with van der Waals surface area (Å²) in [6.07, 6.45) is 8.29. The normalized spacial score (nSPS) is 20.5. The molecule has 2 amide bonds. The lowest BCUT2D eigenvalue weighted by Gasteiger charge is -2.27. The number of carbonyl (C=O) groups excluding carboxylic acids is 2. The topological polar surface area (TPSA) is 49.9 Å². The van der Waals surface area contributed by atoms with Gasteiger partial charge in [-0.2, -0.15) is 0 Å². The molecule has 0 spiro atoms. The predicted molar refractivity (Wildman–Crippen MR) is 101 cm³/mol. The second-order valence-electron chi connectivity index (χ2n) is 6.95. The van der Waals surface area contributed by atoms with Crippen molar-refractivity contribution in [3.8, 4) is 5.75 Å². The van der Waals surface area contributed by atoms with Crippen molar-refractivity contribution in [2.45, 2.75) is 32.1 Å². The second kappa shape index (κ2) is 9.41. The van der Waals surface area contributed by atoms with Gasteiger partial charge in [-0.05, 0) is 37.8 Å². The minimum atomic E-state index is 0.107. The van der Waals surface area contributed by atoms with E-state index in [0.717, 1.165) is 44.5 Å². The first-order valence-corrected chi connectivity index (χ1v) is 9.63. The molecule has 5 nitrogen and oxygen atoms in total. The van der Waals surface area contributed by atoms with Crippen molar-refractivity contribution >= 4 is 11.8 Å². The van der Waals surface area contributed by atoms with Gasteiger partial charge in [0.15, 0.2) is 0 Å². The largest absolute Gasteiger partial charge is 0.493 e. The minimum absolute atomic E-state index is 0.107. The summed E-state index contributed by atoms with van der Waals surface area (Å²) in [5.41, 5.74) is 0. The van der Waals surface area contributed by atoms with Gasteiger partial charge in [0.1, 0.15) is 5.75 Å². The summed E-state index contributed by atoms with van der Waals surface area (Å²) < 4.78 is 5.62. The number of rotatable bonds is 5. The van der Waals surface area contributed by atoms with Crippen LogP contribution in [0.4, 0.5) is 0 Å². The standard InChI is InChI=1S/C21H28N2O3/c24-20(12-17-26-19-10-5-2-6-11-19)22-13-7-14-23(16-15-22)21(25)18-8-3-1-4-9-18/h1-3,5-6,10-11,18H,4,7-9,12-17H2. The number of benzene rings is 1. The van der Waals surface area contributed by atoms with Gasteiger partial charge in [0.05, 0.1) is 13.0 Å². The Morgan fingerprint density at radius 2 is 1.77 bits per heavy atom. The van der Waals surface area contributed by atoms with Crippen LogP contribution < -0.4 is 4.74 Å². The first kappa shape index (κ1) is 18.5. The number of hydrogen-bond donors (Lipinski definition) is 0. The van der Waals surface area contributed by atoms with Crippen LogP contribution in [0.15, 0.2) is 42.5 Å². The van der Waals surface area contributed by atoms with Gasteiger partial charge in [-0.15, -0.1) is 0 Å². The van der Waals surface area contributed by atoms with Crippen LogP contribution in [-0.4, -0.2) is 54.4 Å². The molecule has 0 N–H and O–H groups in total. The summed E-state index contributed by atoms with van der Waals surface area (Å²) in [5.74, 6) is 1.28. The summed E-state index contributed by atoms with van der Waals surface area (Å²) in [5, 5.41) is 0. The summed E-state index contributed by atoms with van der Waals surface area (Å²) >= 11 is 0. The quantitative estimate of drug-likeness (QED) is 0.762. The summed E-state index contributed by atoms with van der Waals surface area (Å²) in [4.78, 5) is 29.0. The molecule has 1 aliphatic carbocycles. The fraction of sp³-hybridized carbons (Fsp3) is 0.524. The van der Waals surface area contributed by atoms with E-state index in [1.807, 2.05) is 40.1 Å². The number of nitrogens with zero attached hydrogens (tertiary/aromatic N) is 2. The van der Waals surface area contributed by atoms with Crippen LogP contribution >= 0.6 is 0 Å². The van der Waals surface area contributed by atoms with Gasteiger partial charge in [0, 0.05) is 32.1 Å². The average Bonchev–Trinajstić information content (AvgIpc) is 2.95. The Bertz CT molecular complexity index is 629. The Balaban J connectivity index is 1.43. The van der Waals surface area contributed by atoms with E-state index in [0.29, 0.717) is 26.1 Å². The summed E-state index contributed by atoms with van der Waals surface area (Å²) in [6.45, 7) is 3.13. The van der Waals surface area contributed by atoms with E-state index >= 15 is 0 Å². The molecule has 1 atom stereocenters. The van der Waals surface area contributed by atoms with E-state index in [4.69, 9.17) is 4.74 Å². The molecule has 3 rings (SSSR count). The van der Waals surface area contributed by atoms with Gasteiger partial charge >= 0.3 is 0 Å². The number of allylic oxidation sites excluding steroid dienone is 2. The van der Waals surface area contributed by atoms with E-state index in [2.05, 4.69) is 12.2 Å². The highest BCUT2D eigenvalue weighted by Crippen LogP contribution is 2.21. The SMILES string of the molecule is O=C(CCOc1ccccc1)N1CCCN(C(=O)C2CC=CCC2)CC1. The van der Waals surface area contributed by atoms with E-state index in [1.54, 1.807) is 0 Å². The highest BCUT2D eigenvalue weighted by molar-refractivity contribution is 5.80. The fourth-order valence-corrected chi connectivity index (χ4v) is 3.59. The van der Waals surface area contributed by atoms with Crippen LogP contribution in [0.1, 0.15) is 32.1 Å². The van der Waals surface area contributed by atoms with E-state index in [1.165, 1.54) is 0 Å². The Labute approximate surface area is 155 Å². The third kappa shape index (κ3) is 5.10. The van der Waals surface area contributed by atoms with Crippen molar-refractivity contribution in [3.05, 3.63) is 42.5 Å². The van der Waals surface area contributed by atoms with Crippen LogP contribution in [0, 0.1) is 5.92 Å². The number of ether oxygens (including phenoxy) is 1. The van der Waals surface area contributed by atoms with Crippen LogP contribution in [0.5, 0.6) is 5.75 Å². The predicted octanol–water partition coefficient (Wildman–Crippen LogP) is 2.87. The van der Waals surface area contributed by atoms with Crippen molar-refractivity contribution in [1.29, 1.82) is 0 Å². The fourth-order valence-electron chi connectivity index (χ4n) is 3.59. The lowest BCUT2D eigenvalue weighted by molar-refractivity contribution is -0.136. The van der Waals surface area contributed by atoms with E-state index in [-0.39, 0.29) is 17.7 Å². The van der Waals surface area contributed by atoms with Gasteiger partial charge < -0.3 is 14.5 Å². The zero-order valence-corrected chi connectivity index (χ0v) is 15.3. The second-order valence-corrected chi connectivity index (χ2v) is 6.95. The zero-order valence-electron chi connectivity index (χ0n) is 15.3. The maximum atomic E-state index is 12.7. The van der Waals surface area contributed by atoms with Crippen LogP contribution in [0.2, 0.25) is 0 Å². The smallest absolute Gasteiger partial charge is 0.226 e. The molecule has 140 valence electrons. The highest BCUT2D eigenvalue weighted by atomic mass is 16.5. The molecule has 1 heterocycles. The number of para-hydroxylation sites is 1. The minimum Gasteiger partial charge on any atom is -0.493 e. The monoisotopic (exact) mass is 356 g/mol. The Morgan fingerprint density at radius 1 is 1.00 bits per heavy atom. The van der Waals surface area contributed by atoms with Crippen molar-refractivity contribution in [1.82, 2.24) is 9.80 Å². The summed E-state index contributed by atoms with van der Waals surface area (Å²) in [7, 11) is 0. The van der Waals surface area contributed by atoms with Gasteiger partial charge in [-0.1, -0.05) is 30.4 Å². The van der Waals surface area contributed by atoms with Gasteiger partial charge in [-0.3, -0.25) is 9.59 Å². The lowest BCUT2D eigenvalue weighted by Crippen LogP contribution is -2.40. The van der Waals surface area contributed by atoms with Crippen LogP contribution in [0.25, 0.3) is 0 Å². The number of carbonyl (C=O) groups is 2. The van der Waals surface area contributed by atoms with Gasteiger partial charge in [0.2, 0.25) is 11.8 Å². The van der Waals surface area contributed by atoms with Crippen molar-refractivity contribution in [2.24, 2.45) is 5.92 Å². The summed E-state index contributed by atoms with van der Waals surface area (Å²) in [6, 6.07) is 9.55. The maximum Gasteiger partial charge on any atom is 0.226 e. The number of hydrogen-bond acceptors (Lipinski definition) is 3.